The van der Waals surface area contributed by atoms with Crippen LogP contribution in [0.1, 0.15) is 9.67 Å². The summed E-state index contributed by atoms with van der Waals surface area (Å²) in [5.41, 5.74) is 2.73. The van der Waals surface area contributed by atoms with Crippen LogP contribution in [0.15, 0.2) is 36.9 Å². The number of carbonyl (C=O) groups excluding carboxylic acids is 1. The van der Waals surface area contributed by atoms with E-state index in [0.29, 0.717) is 4.88 Å². The summed E-state index contributed by atoms with van der Waals surface area (Å²) in [5.74, 6) is -0.0381. The van der Waals surface area contributed by atoms with Crippen LogP contribution in [0.5, 0.6) is 0 Å². The second-order valence-corrected chi connectivity index (χ2v) is 5.03. The molecule has 0 bridgehead atoms. The summed E-state index contributed by atoms with van der Waals surface area (Å²) in [7, 11) is 1.74. The Labute approximate surface area is 108 Å². The first-order valence-electron chi connectivity index (χ1n) is 5.44. The molecule has 1 aliphatic heterocycles. The Morgan fingerprint density at radius 3 is 3.22 bits per heavy atom. The molecule has 92 valence electrons. The van der Waals surface area contributed by atoms with Gasteiger partial charge in [-0.25, -0.2) is 0 Å². The second kappa shape index (κ2) is 4.40. The van der Waals surface area contributed by atoms with Gasteiger partial charge in [0.05, 0.1) is 9.58 Å². The maximum Gasteiger partial charge on any atom is 0.265 e. The van der Waals surface area contributed by atoms with Gasteiger partial charge in [0, 0.05) is 19.4 Å². The summed E-state index contributed by atoms with van der Waals surface area (Å²) < 4.78 is 1.01. The van der Waals surface area contributed by atoms with Crippen LogP contribution >= 0.6 is 11.3 Å². The molecule has 0 saturated heterocycles. The Bertz CT molecular complexity index is 590. The third-order valence-corrected chi connectivity index (χ3v) is 3.86. The summed E-state index contributed by atoms with van der Waals surface area (Å²) in [6.07, 6.45) is 6.59. The molecule has 6 heteroatoms. The standard InChI is InChI=1S/C12H11N3O2S/c1-15(11-3-5-17-14-11)12(16)9-6-8-2-4-13-7-10(8)18-9/h2-7,11,14H,1H3. The highest BCUT2D eigenvalue weighted by Crippen LogP contribution is 2.25. The maximum absolute atomic E-state index is 12.3. The van der Waals surface area contributed by atoms with Gasteiger partial charge in [0.1, 0.15) is 12.4 Å². The zero-order valence-corrected chi connectivity index (χ0v) is 10.5. The molecule has 1 aliphatic rings. The zero-order valence-electron chi connectivity index (χ0n) is 9.66. The molecule has 1 N–H and O–H groups in total. The van der Waals surface area contributed by atoms with Crippen LogP contribution in [0.25, 0.3) is 10.1 Å². The van der Waals surface area contributed by atoms with Crippen molar-refractivity contribution in [3.63, 3.8) is 0 Å². The van der Waals surface area contributed by atoms with E-state index >= 15 is 0 Å². The van der Waals surface area contributed by atoms with Crippen molar-refractivity contribution in [1.82, 2.24) is 15.4 Å². The Kier molecular flexibility index (Phi) is 2.73. The summed E-state index contributed by atoms with van der Waals surface area (Å²) in [6.45, 7) is 0. The summed E-state index contributed by atoms with van der Waals surface area (Å²) in [4.78, 5) is 23.5. The van der Waals surface area contributed by atoms with E-state index in [2.05, 4.69) is 10.5 Å². The van der Waals surface area contributed by atoms with E-state index in [1.54, 1.807) is 30.4 Å². The number of thiophene rings is 1. The van der Waals surface area contributed by atoms with Gasteiger partial charge in [-0.15, -0.1) is 16.8 Å². The van der Waals surface area contributed by atoms with E-state index in [4.69, 9.17) is 4.84 Å². The Morgan fingerprint density at radius 2 is 2.50 bits per heavy atom. The van der Waals surface area contributed by atoms with Crippen LogP contribution in [-0.2, 0) is 4.84 Å². The van der Waals surface area contributed by atoms with Crippen molar-refractivity contribution >= 4 is 27.3 Å². The fourth-order valence-electron chi connectivity index (χ4n) is 1.76. The molecule has 18 heavy (non-hydrogen) atoms. The van der Waals surface area contributed by atoms with Crippen molar-refractivity contribution in [3.05, 3.63) is 41.7 Å². The largest absolute Gasteiger partial charge is 0.414 e. The topological polar surface area (TPSA) is 54.5 Å². The SMILES string of the molecule is CN(C(=O)c1cc2ccncc2s1)C1C=CON1. The third-order valence-electron chi connectivity index (χ3n) is 2.79. The first-order valence-corrected chi connectivity index (χ1v) is 6.26. The highest BCUT2D eigenvalue weighted by molar-refractivity contribution is 7.20. The Hall–Kier alpha value is -1.92. The van der Waals surface area contributed by atoms with Crippen molar-refractivity contribution in [1.29, 1.82) is 0 Å². The van der Waals surface area contributed by atoms with Crippen molar-refractivity contribution in [2.24, 2.45) is 0 Å². The normalized spacial score (nSPS) is 17.9. The van der Waals surface area contributed by atoms with Gasteiger partial charge in [0.25, 0.3) is 5.91 Å². The molecule has 0 fully saturated rings. The molecule has 3 rings (SSSR count). The number of pyridine rings is 1. The summed E-state index contributed by atoms with van der Waals surface area (Å²) >= 11 is 1.45. The minimum absolute atomic E-state index is 0.0381. The number of carbonyl (C=O) groups is 1. The highest BCUT2D eigenvalue weighted by atomic mass is 32.1. The molecule has 0 aromatic carbocycles. The monoisotopic (exact) mass is 261 g/mol. The molecule has 0 spiro atoms. The van der Waals surface area contributed by atoms with Gasteiger partial charge in [-0.2, -0.15) is 0 Å². The zero-order chi connectivity index (χ0) is 12.5. The molecule has 0 radical (unpaired) electrons. The Morgan fingerprint density at radius 1 is 1.61 bits per heavy atom. The molecule has 3 heterocycles. The average molecular weight is 261 g/mol. The number of hydrogen-bond donors (Lipinski definition) is 1. The van der Waals surface area contributed by atoms with E-state index in [1.165, 1.54) is 17.6 Å². The smallest absolute Gasteiger partial charge is 0.265 e. The summed E-state index contributed by atoms with van der Waals surface area (Å²) in [5, 5.41) is 1.04. The van der Waals surface area contributed by atoms with Gasteiger partial charge in [-0.05, 0) is 23.6 Å². The lowest BCUT2D eigenvalue weighted by molar-refractivity contribution is 0.0551. The Balaban J connectivity index is 1.89. The van der Waals surface area contributed by atoms with Gasteiger partial charge in [-0.1, -0.05) is 0 Å². The van der Waals surface area contributed by atoms with E-state index in [-0.39, 0.29) is 12.1 Å². The van der Waals surface area contributed by atoms with Crippen LogP contribution < -0.4 is 5.48 Å². The fourth-order valence-corrected chi connectivity index (χ4v) is 2.77. The minimum Gasteiger partial charge on any atom is -0.414 e. The predicted molar refractivity (Wildman–Crippen MR) is 68.9 cm³/mol. The van der Waals surface area contributed by atoms with Crippen LogP contribution in [0.3, 0.4) is 0 Å². The number of nitrogens with one attached hydrogen (secondary N) is 1. The number of rotatable bonds is 2. The third kappa shape index (κ3) is 1.85. The highest BCUT2D eigenvalue weighted by Gasteiger charge is 2.23. The lowest BCUT2D eigenvalue weighted by Crippen LogP contribution is -2.42. The van der Waals surface area contributed by atoms with E-state index in [0.717, 1.165) is 10.1 Å². The number of hydroxylamine groups is 1. The van der Waals surface area contributed by atoms with Crippen molar-refractivity contribution < 1.29 is 9.63 Å². The number of aromatic nitrogens is 1. The number of amides is 1. The van der Waals surface area contributed by atoms with Crippen LogP contribution in [-0.4, -0.2) is 29.0 Å². The number of nitrogens with zero attached hydrogens (tertiary/aromatic N) is 2. The molecular weight excluding hydrogens is 250 g/mol. The van der Waals surface area contributed by atoms with Crippen molar-refractivity contribution in [2.45, 2.75) is 6.17 Å². The number of likely N-dealkylation sites (N-methyl/N-ethyl adjacent to an activating group) is 1. The molecule has 2 aromatic rings. The first kappa shape index (κ1) is 11.2. The maximum atomic E-state index is 12.3. The van der Waals surface area contributed by atoms with Gasteiger partial charge in [0.15, 0.2) is 0 Å². The van der Waals surface area contributed by atoms with Gasteiger partial charge in [-0.3, -0.25) is 9.78 Å². The van der Waals surface area contributed by atoms with E-state index < -0.39 is 0 Å². The first-order chi connectivity index (χ1) is 8.75. The molecule has 1 unspecified atom stereocenters. The lowest BCUT2D eigenvalue weighted by atomic mass is 10.3. The van der Waals surface area contributed by atoms with Gasteiger partial charge >= 0.3 is 0 Å². The quantitative estimate of drug-likeness (QED) is 0.894. The lowest BCUT2D eigenvalue weighted by Gasteiger charge is -2.21. The summed E-state index contributed by atoms with van der Waals surface area (Å²) in [6, 6.07) is 3.79. The van der Waals surface area contributed by atoms with Gasteiger partial charge < -0.3 is 9.74 Å². The molecule has 5 nitrogen and oxygen atoms in total. The molecule has 1 amide bonds. The minimum atomic E-state index is -0.221. The van der Waals surface area contributed by atoms with Crippen LogP contribution in [0.2, 0.25) is 0 Å². The van der Waals surface area contributed by atoms with Crippen molar-refractivity contribution in [3.8, 4) is 0 Å². The van der Waals surface area contributed by atoms with E-state index in [1.807, 2.05) is 12.1 Å². The predicted octanol–water partition coefficient (Wildman–Crippen LogP) is 1.74. The number of hydrogen-bond acceptors (Lipinski definition) is 5. The molecule has 0 saturated carbocycles. The average Bonchev–Trinajstić information content (AvgIpc) is 3.05. The molecule has 2 aromatic heterocycles. The number of fused-ring (bicyclic) bond motifs is 1. The fraction of sp³-hybridized carbons (Fsp3) is 0.167. The molecular formula is C12H11N3O2S. The van der Waals surface area contributed by atoms with E-state index in [9.17, 15) is 4.79 Å². The van der Waals surface area contributed by atoms with Gasteiger partial charge in [0.2, 0.25) is 0 Å². The molecule has 1 atom stereocenters. The van der Waals surface area contributed by atoms with Crippen LogP contribution in [0.4, 0.5) is 0 Å². The van der Waals surface area contributed by atoms with Crippen molar-refractivity contribution in [2.75, 3.05) is 7.05 Å². The molecule has 0 aliphatic carbocycles. The second-order valence-electron chi connectivity index (χ2n) is 3.95. The van der Waals surface area contributed by atoms with Crippen LogP contribution in [0, 0.1) is 0 Å².